The van der Waals surface area contributed by atoms with Crippen molar-refractivity contribution >= 4 is 96.2 Å². The Hall–Kier alpha value is 3.06. The minimum absolute atomic E-state index is 0. The molecule has 94 valence electrons. The zero-order valence-corrected chi connectivity index (χ0v) is 11.2. The summed E-state index contributed by atoms with van der Waals surface area (Å²) in [6, 6.07) is 0. The fraction of sp³-hybridized carbons (Fsp3) is 1.00. The Bertz CT molecular complexity index is 168. The van der Waals surface area contributed by atoms with Gasteiger partial charge in [0.2, 0.25) is 0 Å². The number of rotatable bonds is 1. The van der Waals surface area contributed by atoms with E-state index in [-0.39, 0.29) is 59.1 Å². The zero-order valence-electron chi connectivity index (χ0n) is 7.81. The third kappa shape index (κ3) is 267. The second kappa shape index (κ2) is 18.1. The van der Waals surface area contributed by atoms with Crippen LogP contribution in [-0.2, 0) is 23.6 Å². The molecule has 0 bridgehead atoms. The van der Waals surface area contributed by atoms with Gasteiger partial charge in [0.1, 0.15) is 0 Å². The molecule has 16 heavy (non-hydrogen) atoms. The first kappa shape index (κ1) is 31.4. The van der Waals surface area contributed by atoms with Gasteiger partial charge in [0, 0.05) is 0 Å². The van der Waals surface area contributed by atoms with Crippen LogP contribution in [-0.4, -0.2) is 88.5 Å². The predicted octanol–water partition coefficient (Wildman–Crippen LogP) is -1.12. The molecule has 0 spiro atoms. The van der Waals surface area contributed by atoms with Crippen LogP contribution in [0.1, 0.15) is 26.7 Å². The second-order valence-corrected chi connectivity index (χ2v) is 7.02. The Morgan fingerprint density at radius 1 is 0.688 bits per heavy atom. The number of hydrogen-bond donors (Lipinski definition) is 6. The SMILES string of the molecule is CCCC.OP(O)(O)=S.OP(O)(O)=S.[NaH].[NaH]. The Morgan fingerprint density at radius 3 is 0.750 bits per heavy atom. The first-order valence-corrected chi connectivity index (χ1v) is 8.80. The van der Waals surface area contributed by atoms with Crippen molar-refractivity contribution in [2.75, 3.05) is 0 Å². The predicted molar refractivity (Wildman–Crippen MR) is 76.8 cm³/mol. The van der Waals surface area contributed by atoms with Crippen molar-refractivity contribution in [3.05, 3.63) is 0 Å². The van der Waals surface area contributed by atoms with Crippen molar-refractivity contribution < 1.29 is 29.4 Å². The summed E-state index contributed by atoms with van der Waals surface area (Å²) < 4.78 is 0. The Labute approximate surface area is 150 Å². The standard InChI is InChI=1S/C4H10.2Na.2H3O3PS.2H/c1-3-4-2;;;2*1-4(2,3)5;;/h3-4H2,1-2H3;;;2*(H3,1,2,3,5);;. The van der Waals surface area contributed by atoms with Crippen molar-refractivity contribution in [2.24, 2.45) is 0 Å². The van der Waals surface area contributed by atoms with Gasteiger partial charge in [-0.3, -0.25) is 0 Å². The van der Waals surface area contributed by atoms with E-state index in [1.165, 1.54) is 12.8 Å². The van der Waals surface area contributed by atoms with E-state index >= 15 is 0 Å². The van der Waals surface area contributed by atoms with Crippen LogP contribution < -0.4 is 0 Å². The van der Waals surface area contributed by atoms with Gasteiger partial charge in [-0.1, -0.05) is 26.7 Å². The summed E-state index contributed by atoms with van der Waals surface area (Å²) in [5.41, 5.74) is 0. The van der Waals surface area contributed by atoms with E-state index in [4.69, 9.17) is 29.4 Å². The third-order valence-corrected chi connectivity index (χ3v) is 0.500. The van der Waals surface area contributed by atoms with E-state index in [0.717, 1.165) is 0 Å². The molecule has 0 radical (unpaired) electrons. The Balaban J connectivity index is -0.0000000358. The van der Waals surface area contributed by atoms with Crippen molar-refractivity contribution in [3.8, 4) is 0 Å². The molecule has 0 aromatic rings. The summed E-state index contributed by atoms with van der Waals surface area (Å²) in [4.78, 5) is 45.3. The molecule has 0 heterocycles. The second-order valence-electron chi connectivity index (χ2n) is 2.03. The molecule has 6 N–H and O–H groups in total. The normalized spacial score (nSPS) is 9.25. The van der Waals surface area contributed by atoms with Crippen LogP contribution in [0.3, 0.4) is 0 Å². The minimum atomic E-state index is -3.81. The van der Waals surface area contributed by atoms with Gasteiger partial charge >= 0.3 is 72.6 Å². The summed E-state index contributed by atoms with van der Waals surface area (Å²) in [6.45, 7) is -3.25. The molecular formula is C4H18Na2O6P2S2. The van der Waals surface area contributed by atoms with Crippen LogP contribution in [0.4, 0.5) is 0 Å². The molecule has 0 aliphatic heterocycles. The zero-order chi connectivity index (χ0) is 12.4. The summed E-state index contributed by atoms with van der Waals surface area (Å²) in [7, 11) is 0. The molecule has 0 atom stereocenters. The van der Waals surface area contributed by atoms with Gasteiger partial charge in [0.05, 0.1) is 0 Å². The maximum absolute atomic E-state index is 7.56. The molecule has 0 unspecified atom stereocenters. The molecule has 0 saturated carbocycles. The molecule has 0 aliphatic rings. The van der Waals surface area contributed by atoms with Crippen LogP contribution in [0.25, 0.3) is 0 Å². The van der Waals surface area contributed by atoms with Gasteiger partial charge < -0.3 is 29.4 Å². The molecule has 12 heteroatoms. The summed E-state index contributed by atoms with van der Waals surface area (Å²) in [6.07, 6.45) is 2.64. The van der Waals surface area contributed by atoms with Crippen molar-refractivity contribution in [3.63, 3.8) is 0 Å². The van der Waals surface area contributed by atoms with E-state index in [0.29, 0.717) is 0 Å². The average molecular weight is 334 g/mol. The summed E-state index contributed by atoms with van der Waals surface area (Å²) >= 11 is 7.21. The van der Waals surface area contributed by atoms with Gasteiger partial charge in [-0.15, -0.1) is 0 Å². The molecule has 6 nitrogen and oxygen atoms in total. The van der Waals surface area contributed by atoms with E-state index in [1.54, 1.807) is 0 Å². The van der Waals surface area contributed by atoms with Crippen LogP contribution in [0, 0.1) is 0 Å². The molecule has 0 saturated heterocycles. The van der Waals surface area contributed by atoms with Gasteiger partial charge in [-0.2, -0.15) is 0 Å². The first-order valence-electron chi connectivity index (χ1n) is 3.48. The maximum atomic E-state index is 7.56. The van der Waals surface area contributed by atoms with E-state index in [2.05, 4.69) is 37.5 Å². The van der Waals surface area contributed by atoms with Crippen molar-refractivity contribution in [1.82, 2.24) is 0 Å². The molecule has 0 amide bonds. The van der Waals surface area contributed by atoms with E-state index in [1.807, 2.05) is 0 Å². The number of unbranched alkanes of at least 4 members (excludes halogenated alkanes) is 1. The van der Waals surface area contributed by atoms with Crippen molar-refractivity contribution in [1.29, 1.82) is 0 Å². The monoisotopic (exact) mass is 334 g/mol. The molecule has 0 fully saturated rings. The summed E-state index contributed by atoms with van der Waals surface area (Å²) in [5.74, 6) is 0. The Kier molecular flexibility index (Phi) is 35.5. The van der Waals surface area contributed by atoms with Gasteiger partial charge in [-0.05, 0) is 23.6 Å². The van der Waals surface area contributed by atoms with Crippen LogP contribution in [0.5, 0.6) is 0 Å². The quantitative estimate of drug-likeness (QED) is 0.264. The first-order chi connectivity index (χ1) is 5.91. The third-order valence-electron chi connectivity index (χ3n) is 0.500. The molecule has 0 aromatic carbocycles. The van der Waals surface area contributed by atoms with Crippen LogP contribution >= 0.6 is 13.4 Å². The molecule has 0 rings (SSSR count). The molecular weight excluding hydrogens is 316 g/mol. The molecule has 0 aromatic heterocycles. The van der Waals surface area contributed by atoms with E-state index in [9.17, 15) is 0 Å². The van der Waals surface area contributed by atoms with Crippen LogP contribution in [0.2, 0.25) is 0 Å². The van der Waals surface area contributed by atoms with E-state index < -0.39 is 13.4 Å². The van der Waals surface area contributed by atoms with Crippen molar-refractivity contribution in [2.45, 2.75) is 26.7 Å². The molecule has 0 aliphatic carbocycles. The van der Waals surface area contributed by atoms with Crippen LogP contribution in [0.15, 0.2) is 0 Å². The topological polar surface area (TPSA) is 121 Å². The van der Waals surface area contributed by atoms with Gasteiger partial charge in [0.25, 0.3) is 0 Å². The summed E-state index contributed by atoms with van der Waals surface area (Å²) in [5, 5.41) is 0. The fourth-order valence-electron chi connectivity index (χ4n) is 0. The average Bonchev–Trinajstić information content (AvgIpc) is 1.79. The Morgan fingerprint density at radius 2 is 0.750 bits per heavy atom. The number of hydrogen-bond acceptors (Lipinski definition) is 2. The van der Waals surface area contributed by atoms with Gasteiger partial charge in [0.15, 0.2) is 0 Å². The van der Waals surface area contributed by atoms with Gasteiger partial charge in [-0.25, -0.2) is 0 Å². The fourth-order valence-corrected chi connectivity index (χ4v) is 0.